The third-order valence-electron chi connectivity index (χ3n) is 0. The molecule has 0 bridgehead atoms. The van der Waals surface area contributed by atoms with Crippen molar-refractivity contribution < 1.29 is 147 Å². The number of hydrogen-bond acceptors (Lipinski definition) is 20. The molecule has 0 spiro atoms. The third kappa shape index (κ3) is 1970. The molecule has 0 heterocycles. The molecule has 0 saturated carbocycles. The van der Waals surface area contributed by atoms with Crippen molar-refractivity contribution >= 4 is 110 Å². The van der Waals surface area contributed by atoms with E-state index in [1.54, 1.807) is 0 Å². The molecule has 0 aliphatic heterocycles. The van der Waals surface area contributed by atoms with Crippen LogP contribution in [0.25, 0.3) is 0 Å². The summed E-state index contributed by atoms with van der Waals surface area (Å²) in [5.74, 6) is 0. The molecule has 29 heavy (non-hydrogen) atoms. The molecule has 0 saturated heterocycles. The summed E-state index contributed by atoms with van der Waals surface area (Å²) in [6.45, 7) is 0. The SMILES string of the molecule is [Al+3].[Al+3].[Ca+2].[Ca+2].[O]=[Mn](=[O])([O-])[O-].[O]=[Mn](=[O])([O-])[O-].[O]=[Mn](=[O])([O-])[O-].[O]=[Mn](=[O])([O-])[O-].[O]=[Mn](=[O])([O-])[O-]. The summed E-state index contributed by atoms with van der Waals surface area (Å²) in [6.07, 6.45) is 0. The first-order valence-electron chi connectivity index (χ1n) is 3.09. The van der Waals surface area contributed by atoms with Gasteiger partial charge in [-0.3, -0.25) is 0 Å². The van der Waals surface area contributed by atoms with Crippen molar-refractivity contribution in [3.63, 3.8) is 0 Å². The van der Waals surface area contributed by atoms with Crippen molar-refractivity contribution in [2.45, 2.75) is 0 Å². The van der Waals surface area contributed by atoms with Crippen LogP contribution in [0.15, 0.2) is 0 Å². The van der Waals surface area contributed by atoms with Gasteiger partial charge in [0.05, 0.1) is 0 Å². The molecule has 0 unspecified atom stereocenters. The first-order chi connectivity index (χ1) is 10.0. The van der Waals surface area contributed by atoms with E-state index in [0.717, 1.165) is 0 Å². The van der Waals surface area contributed by atoms with Crippen molar-refractivity contribution in [2.75, 3.05) is 0 Å². The maximum absolute atomic E-state index is 8.58. The summed E-state index contributed by atoms with van der Waals surface area (Å²) in [4.78, 5) is 0. The van der Waals surface area contributed by atoms with Gasteiger partial charge in [-0.2, -0.15) is 0 Å². The molecule has 0 aliphatic rings. The molecule has 0 fully saturated rings. The second-order valence-corrected chi connectivity index (χ2v) is 7.79. The molecule has 20 nitrogen and oxygen atoms in total. The molecule has 29 heteroatoms. The summed E-state index contributed by atoms with van der Waals surface area (Å²) in [7, 11) is 0. The van der Waals surface area contributed by atoms with Crippen molar-refractivity contribution in [2.24, 2.45) is 0 Å². The Morgan fingerprint density at radius 1 is 0.276 bits per heavy atom. The second kappa shape index (κ2) is 26.4. The molecule has 0 aromatic rings. The van der Waals surface area contributed by atoms with E-state index < -0.39 is 66.8 Å². The Kier molecular flexibility index (Phi) is 53.3. The summed E-state index contributed by atoms with van der Waals surface area (Å²) >= 11 is -28.1. The van der Waals surface area contributed by atoms with Crippen molar-refractivity contribution in [1.82, 2.24) is 0 Å². The average molecular weight is 729 g/mol. The van der Waals surface area contributed by atoms with Crippen LogP contribution in [0.2, 0.25) is 0 Å². The number of rotatable bonds is 0. The van der Waals surface area contributed by atoms with E-state index in [4.69, 9.17) is 80.2 Å². The van der Waals surface area contributed by atoms with Gasteiger partial charge in [-0.05, 0) is 0 Å². The molecular formula is Al2Ca2Mn5O20. The van der Waals surface area contributed by atoms with Crippen molar-refractivity contribution in [3.8, 4) is 0 Å². The van der Waals surface area contributed by atoms with Crippen LogP contribution in [-0.2, 0) is 105 Å². The Morgan fingerprint density at radius 2 is 0.276 bits per heavy atom. The van der Waals surface area contributed by atoms with Crippen LogP contribution < -0.4 is 41.9 Å². The van der Waals surface area contributed by atoms with Gasteiger partial charge < -0.3 is 0 Å². The molecule has 0 aromatic carbocycles. The van der Waals surface area contributed by atoms with Gasteiger partial charge in [-0.1, -0.05) is 0 Å². The van der Waals surface area contributed by atoms with Crippen LogP contribution in [0.5, 0.6) is 0 Å². The zero-order chi connectivity index (χ0) is 22.5. The van der Waals surface area contributed by atoms with Crippen molar-refractivity contribution in [1.29, 1.82) is 0 Å². The van der Waals surface area contributed by atoms with Gasteiger partial charge in [0.2, 0.25) is 0 Å². The zero-order valence-electron chi connectivity index (χ0n) is 12.6. The van der Waals surface area contributed by atoms with Gasteiger partial charge >= 0.3 is 257 Å². The summed E-state index contributed by atoms with van der Waals surface area (Å²) in [5, 5.41) is 0. The third-order valence-corrected chi connectivity index (χ3v) is 0. The molecule has 0 N–H and O–H groups in total. The normalized spacial score (nSPS) is 10.0. The van der Waals surface area contributed by atoms with E-state index in [0.29, 0.717) is 0 Å². The molecule has 165 valence electrons. The van der Waals surface area contributed by atoms with E-state index >= 15 is 0 Å². The molecule has 0 radical (unpaired) electrons. The predicted octanol–water partition coefficient (Wildman–Crippen LogP) is -14.6. The Balaban J connectivity index is -0.0000000238. The van der Waals surface area contributed by atoms with Gasteiger partial charge in [0, 0.05) is 0 Å². The Labute approximate surface area is 252 Å². The van der Waals surface area contributed by atoms with Crippen molar-refractivity contribution in [3.05, 3.63) is 0 Å². The average Bonchev–Trinajstić information content (AvgIpc) is 1.79. The molecular weight excluding hydrogens is 729 g/mol. The predicted molar refractivity (Wildman–Crippen MR) is 29.9 cm³/mol. The molecule has 0 atom stereocenters. The standard InChI is InChI=1S/2Al.2Ca.5Mn.20O/q2*+3;2*+2;;;;;;;;;;;;;;;;10*-1. The van der Waals surface area contributed by atoms with Crippen LogP contribution in [0.3, 0.4) is 0 Å². The minimum absolute atomic E-state index is 0. The van der Waals surface area contributed by atoms with Gasteiger partial charge in [0.15, 0.2) is 0 Å². The fourth-order valence-electron chi connectivity index (χ4n) is 0. The Hall–Kier alpha value is 3.78. The molecule has 0 aromatic heterocycles. The molecule has 0 rings (SSSR count). The van der Waals surface area contributed by atoms with Gasteiger partial charge in [-0.25, -0.2) is 0 Å². The van der Waals surface area contributed by atoms with Gasteiger partial charge in [0.25, 0.3) is 0 Å². The van der Waals surface area contributed by atoms with Crippen LogP contribution in [0, 0.1) is 0 Å². The van der Waals surface area contributed by atoms with E-state index in [-0.39, 0.29) is 110 Å². The minimum atomic E-state index is -5.62. The first-order valence-corrected chi connectivity index (χ1v) is 12.7. The monoisotopic (exact) mass is 728 g/mol. The van der Waals surface area contributed by atoms with Gasteiger partial charge in [0.1, 0.15) is 0 Å². The van der Waals surface area contributed by atoms with Gasteiger partial charge in [-0.15, -0.1) is 0 Å². The first kappa shape index (κ1) is 58.5. The quantitative estimate of drug-likeness (QED) is 0.209. The zero-order valence-corrected chi connectivity index (χ0v) is 25.3. The second-order valence-electron chi connectivity index (χ2n) is 1.89. The Morgan fingerprint density at radius 3 is 0.276 bits per heavy atom. The van der Waals surface area contributed by atoms with E-state index in [9.17, 15) is 0 Å². The maximum atomic E-state index is 8.58. The number of hydrogen-bond donors (Lipinski definition) is 0. The van der Waals surface area contributed by atoms with E-state index in [1.807, 2.05) is 0 Å². The van der Waals surface area contributed by atoms with Crippen LogP contribution in [-0.4, -0.2) is 110 Å². The van der Waals surface area contributed by atoms with Crippen LogP contribution in [0.1, 0.15) is 0 Å². The summed E-state index contributed by atoms with van der Waals surface area (Å²) in [6, 6.07) is 0. The topological polar surface area (TPSA) is 401 Å². The van der Waals surface area contributed by atoms with Crippen LogP contribution >= 0.6 is 0 Å². The molecule has 0 amide bonds. The fraction of sp³-hybridized carbons (Fsp3) is 0. The van der Waals surface area contributed by atoms with E-state index in [2.05, 4.69) is 0 Å². The fourth-order valence-corrected chi connectivity index (χ4v) is 0. The Bertz CT molecular complexity index is 629. The summed E-state index contributed by atoms with van der Waals surface area (Å²) in [5.41, 5.74) is 0. The van der Waals surface area contributed by atoms with E-state index in [1.165, 1.54) is 0 Å². The van der Waals surface area contributed by atoms with Crippen LogP contribution in [0.4, 0.5) is 0 Å². The molecule has 0 aliphatic carbocycles. The summed E-state index contributed by atoms with van der Waals surface area (Å²) < 4.78 is 172.